The predicted octanol–water partition coefficient (Wildman–Crippen LogP) is 2.58. The Bertz CT molecular complexity index is 798. The highest BCUT2D eigenvalue weighted by Crippen LogP contribution is 2.34. The summed E-state index contributed by atoms with van der Waals surface area (Å²) in [7, 11) is 0. The molecule has 2 aliphatic rings. The quantitative estimate of drug-likeness (QED) is 0.829. The summed E-state index contributed by atoms with van der Waals surface area (Å²) >= 11 is 0. The highest BCUT2D eigenvalue weighted by atomic mass is 15.2. The third-order valence-corrected chi connectivity index (χ3v) is 5.89. The highest BCUT2D eigenvalue weighted by Gasteiger charge is 2.30. The topological polar surface area (TPSA) is 81.8 Å². The smallest absolute Gasteiger partial charge is 0.225 e. The Hall–Kier alpha value is -2.75. The Labute approximate surface area is 160 Å². The van der Waals surface area contributed by atoms with Gasteiger partial charge in [-0.3, -0.25) is 0 Å². The zero-order valence-electron chi connectivity index (χ0n) is 15.8. The van der Waals surface area contributed by atoms with Crippen molar-refractivity contribution in [2.45, 2.75) is 32.6 Å². The second-order valence-electron chi connectivity index (χ2n) is 7.58. The monoisotopic (exact) mass is 363 g/mol. The van der Waals surface area contributed by atoms with E-state index in [2.05, 4.69) is 35.8 Å². The Kier molecular flexibility index (Phi) is 5.14. The average Bonchev–Trinajstić information content (AvgIpc) is 2.75. The van der Waals surface area contributed by atoms with E-state index >= 15 is 0 Å². The lowest BCUT2D eigenvalue weighted by Crippen LogP contribution is -2.41. The molecule has 2 fully saturated rings. The van der Waals surface area contributed by atoms with Crippen LogP contribution in [0.2, 0.25) is 0 Å². The lowest BCUT2D eigenvalue weighted by molar-refractivity contribution is 0.232. The molecule has 0 unspecified atom stereocenters. The van der Waals surface area contributed by atoms with E-state index in [1.807, 2.05) is 19.3 Å². The van der Waals surface area contributed by atoms with Crippen molar-refractivity contribution in [1.82, 2.24) is 19.9 Å². The number of piperidine rings is 2. The molecule has 0 bridgehead atoms. The molecule has 7 heteroatoms. The molecule has 0 aromatic carbocycles. The van der Waals surface area contributed by atoms with Crippen LogP contribution in [-0.4, -0.2) is 46.1 Å². The molecule has 0 spiro atoms. The Balaban J connectivity index is 1.29. The van der Waals surface area contributed by atoms with Crippen LogP contribution in [0.15, 0.2) is 24.8 Å². The first-order chi connectivity index (χ1) is 13.2. The van der Waals surface area contributed by atoms with Gasteiger partial charge in [0.2, 0.25) is 5.95 Å². The molecule has 27 heavy (non-hydrogen) atoms. The first kappa shape index (κ1) is 17.7. The number of nitriles is 1. The number of rotatable bonds is 3. The molecule has 0 N–H and O–H groups in total. The largest absolute Gasteiger partial charge is 0.356 e. The first-order valence-electron chi connectivity index (χ1n) is 9.73. The number of aryl methyl sites for hydroxylation is 1. The van der Waals surface area contributed by atoms with Gasteiger partial charge in [-0.2, -0.15) is 5.26 Å². The molecular weight excluding hydrogens is 338 g/mol. The van der Waals surface area contributed by atoms with Gasteiger partial charge >= 0.3 is 0 Å². The van der Waals surface area contributed by atoms with E-state index in [4.69, 9.17) is 5.26 Å². The van der Waals surface area contributed by atoms with Crippen LogP contribution in [0.25, 0.3) is 0 Å². The maximum absolute atomic E-state index is 9.02. The van der Waals surface area contributed by atoms with Crippen molar-refractivity contribution in [3.05, 3.63) is 36.0 Å². The minimum Gasteiger partial charge on any atom is -0.356 e. The number of hydrogen-bond donors (Lipinski definition) is 0. The molecule has 0 radical (unpaired) electrons. The van der Waals surface area contributed by atoms with Gasteiger partial charge in [0.05, 0.1) is 0 Å². The average molecular weight is 363 g/mol. The predicted molar refractivity (Wildman–Crippen MR) is 103 cm³/mol. The first-order valence-corrected chi connectivity index (χ1v) is 9.73. The van der Waals surface area contributed by atoms with Crippen LogP contribution in [0, 0.1) is 30.1 Å². The second-order valence-corrected chi connectivity index (χ2v) is 7.58. The van der Waals surface area contributed by atoms with Gasteiger partial charge in [0, 0.05) is 44.6 Å². The molecule has 4 rings (SSSR count). The van der Waals surface area contributed by atoms with E-state index < -0.39 is 0 Å². The van der Waals surface area contributed by atoms with Crippen molar-refractivity contribution in [2.24, 2.45) is 11.8 Å². The molecule has 140 valence electrons. The minimum absolute atomic E-state index is 0.438. The summed E-state index contributed by atoms with van der Waals surface area (Å²) in [6.07, 6.45) is 10.1. The summed E-state index contributed by atoms with van der Waals surface area (Å²) in [5, 5.41) is 9.02. The molecule has 2 saturated heterocycles. The van der Waals surface area contributed by atoms with Crippen LogP contribution in [0.5, 0.6) is 0 Å². The van der Waals surface area contributed by atoms with E-state index in [0.717, 1.165) is 55.3 Å². The fraction of sp³-hybridized carbons (Fsp3) is 0.550. The van der Waals surface area contributed by atoms with E-state index in [1.54, 1.807) is 6.07 Å². The fourth-order valence-corrected chi connectivity index (χ4v) is 4.30. The second kappa shape index (κ2) is 7.87. The van der Waals surface area contributed by atoms with Crippen molar-refractivity contribution in [3.63, 3.8) is 0 Å². The maximum Gasteiger partial charge on any atom is 0.225 e. The summed E-state index contributed by atoms with van der Waals surface area (Å²) in [6, 6.07) is 3.89. The van der Waals surface area contributed by atoms with Gasteiger partial charge < -0.3 is 9.80 Å². The maximum atomic E-state index is 9.02. The van der Waals surface area contributed by atoms with Crippen molar-refractivity contribution in [1.29, 1.82) is 5.26 Å². The van der Waals surface area contributed by atoms with Crippen molar-refractivity contribution in [2.75, 3.05) is 36.0 Å². The zero-order chi connectivity index (χ0) is 18.6. The number of anilines is 2. The van der Waals surface area contributed by atoms with E-state index in [0.29, 0.717) is 5.69 Å². The molecule has 0 atom stereocenters. The van der Waals surface area contributed by atoms with Gasteiger partial charge in [0.15, 0.2) is 0 Å². The Morgan fingerprint density at radius 2 is 1.48 bits per heavy atom. The normalized spacial score (nSPS) is 19.1. The van der Waals surface area contributed by atoms with Gasteiger partial charge in [-0.15, -0.1) is 0 Å². The molecule has 2 aromatic heterocycles. The van der Waals surface area contributed by atoms with Gasteiger partial charge in [0.1, 0.15) is 23.9 Å². The summed E-state index contributed by atoms with van der Waals surface area (Å²) < 4.78 is 0. The summed E-state index contributed by atoms with van der Waals surface area (Å²) in [6.45, 7) is 6.13. The fourth-order valence-electron chi connectivity index (χ4n) is 4.30. The van der Waals surface area contributed by atoms with Gasteiger partial charge in [0.25, 0.3) is 0 Å². The lowest BCUT2D eigenvalue weighted by Gasteiger charge is -2.40. The number of hydrogen-bond acceptors (Lipinski definition) is 7. The third kappa shape index (κ3) is 4.00. The SMILES string of the molecule is Cc1cnc(N2CCC(C3CCN(c4cc(C#N)ncn4)CC3)CC2)nc1. The Morgan fingerprint density at radius 3 is 2.07 bits per heavy atom. The number of nitrogens with zero attached hydrogens (tertiary/aromatic N) is 7. The van der Waals surface area contributed by atoms with E-state index in [1.165, 1.54) is 32.0 Å². The summed E-state index contributed by atoms with van der Waals surface area (Å²) in [4.78, 5) is 21.8. The molecule has 2 aliphatic heterocycles. The van der Waals surface area contributed by atoms with Crippen LogP contribution < -0.4 is 9.80 Å². The summed E-state index contributed by atoms with van der Waals surface area (Å²) in [5.74, 6) is 3.31. The third-order valence-electron chi connectivity index (χ3n) is 5.89. The van der Waals surface area contributed by atoms with Crippen LogP contribution >= 0.6 is 0 Å². The van der Waals surface area contributed by atoms with E-state index in [-0.39, 0.29) is 0 Å². The molecule has 2 aromatic rings. The van der Waals surface area contributed by atoms with Gasteiger partial charge in [-0.25, -0.2) is 19.9 Å². The lowest BCUT2D eigenvalue weighted by atomic mass is 9.79. The summed E-state index contributed by atoms with van der Waals surface area (Å²) in [5.41, 5.74) is 1.54. The van der Waals surface area contributed by atoms with Crippen LogP contribution in [-0.2, 0) is 0 Å². The van der Waals surface area contributed by atoms with E-state index in [9.17, 15) is 0 Å². The minimum atomic E-state index is 0.438. The highest BCUT2D eigenvalue weighted by molar-refractivity contribution is 5.42. The molecular formula is C20H25N7. The van der Waals surface area contributed by atoms with Crippen LogP contribution in [0.3, 0.4) is 0 Å². The van der Waals surface area contributed by atoms with Crippen molar-refractivity contribution < 1.29 is 0 Å². The molecule has 4 heterocycles. The van der Waals surface area contributed by atoms with Crippen LogP contribution in [0.1, 0.15) is 36.9 Å². The molecule has 7 nitrogen and oxygen atoms in total. The van der Waals surface area contributed by atoms with Gasteiger partial charge in [-0.1, -0.05) is 0 Å². The van der Waals surface area contributed by atoms with Crippen LogP contribution in [0.4, 0.5) is 11.8 Å². The van der Waals surface area contributed by atoms with Crippen molar-refractivity contribution >= 4 is 11.8 Å². The number of aromatic nitrogens is 4. The Morgan fingerprint density at radius 1 is 0.889 bits per heavy atom. The van der Waals surface area contributed by atoms with Gasteiger partial charge in [-0.05, 0) is 50.0 Å². The molecule has 0 saturated carbocycles. The zero-order valence-corrected chi connectivity index (χ0v) is 15.8. The standard InChI is InChI=1S/C20H25N7/c1-15-12-22-20(23-13-15)27-8-4-17(5-9-27)16-2-6-26(7-3-16)19-10-18(11-21)24-14-25-19/h10,12-14,16-17H,2-9H2,1H3. The molecule has 0 aliphatic carbocycles. The molecule has 0 amide bonds. The van der Waals surface area contributed by atoms with Crippen molar-refractivity contribution in [3.8, 4) is 6.07 Å².